The summed E-state index contributed by atoms with van der Waals surface area (Å²) in [6.07, 6.45) is 6.40. The Morgan fingerprint density at radius 1 is 1.00 bits per heavy atom. The van der Waals surface area contributed by atoms with E-state index in [9.17, 15) is 0 Å². The zero-order valence-electron chi connectivity index (χ0n) is 21.3. The van der Waals surface area contributed by atoms with Gasteiger partial charge in [-0.1, -0.05) is 101 Å². The highest BCUT2D eigenvalue weighted by Gasteiger charge is 2.39. The van der Waals surface area contributed by atoms with Gasteiger partial charge < -0.3 is 13.9 Å². The number of allylic oxidation sites excluding steroid dienone is 2. The topological polar surface area (TPSA) is 27.7 Å². The predicted molar refractivity (Wildman–Crippen MR) is 149 cm³/mol. The smallest absolute Gasteiger partial charge is 0.192 e. The van der Waals surface area contributed by atoms with Crippen molar-refractivity contribution in [2.24, 2.45) is 17.8 Å². The molecule has 32 heavy (non-hydrogen) atoms. The fourth-order valence-electron chi connectivity index (χ4n) is 4.37. The van der Waals surface area contributed by atoms with Crippen molar-refractivity contribution in [2.45, 2.75) is 78.5 Å². The summed E-state index contributed by atoms with van der Waals surface area (Å²) < 4.78 is 20.1. The minimum atomic E-state index is -1.76. The van der Waals surface area contributed by atoms with Crippen molar-refractivity contribution in [3.05, 3.63) is 54.6 Å². The molecule has 0 unspecified atom stereocenters. The maximum Gasteiger partial charge on any atom is 0.192 e. The maximum atomic E-state index is 7.12. The highest BCUT2D eigenvalue weighted by Crippen LogP contribution is 2.34. The Labute approximate surface area is 212 Å². The Morgan fingerprint density at radius 3 is 2.06 bits per heavy atom. The Bertz CT molecular complexity index is 664. The molecule has 0 radical (unpaired) electrons. The lowest BCUT2D eigenvalue weighted by atomic mass is 9.84. The summed E-state index contributed by atoms with van der Waals surface area (Å²) in [6.45, 7) is 18.3. The largest absolute Gasteiger partial charge is 0.497 e. The molecule has 0 amide bonds. The summed E-state index contributed by atoms with van der Waals surface area (Å²) in [5.74, 6) is 1.88. The van der Waals surface area contributed by atoms with E-state index in [2.05, 4.69) is 95.0 Å². The van der Waals surface area contributed by atoms with Crippen LogP contribution < -0.4 is 4.74 Å². The summed E-state index contributed by atoms with van der Waals surface area (Å²) >= 11 is 2.48. The van der Waals surface area contributed by atoms with E-state index in [1.807, 2.05) is 18.2 Å². The highest BCUT2D eigenvalue weighted by atomic mass is 127. The van der Waals surface area contributed by atoms with E-state index in [0.717, 1.165) is 28.3 Å². The van der Waals surface area contributed by atoms with Crippen LogP contribution in [-0.4, -0.2) is 32.1 Å². The standard InChI is InChI=1S/C27H45IO3Si/c1-9-13-14-21(5)27(31-32(10-2,11-3)12-4)23(7)26(22(6)19-28)30-20-24-15-17-25(29-8)18-16-24/h9,13-18,21-23,26-27H,1,10-12,19-20H2,2-8H3/b14-13+/t21-,22-,23-,26+,27-/m0/s1. The molecule has 0 saturated heterocycles. The fraction of sp³-hybridized carbons (Fsp3) is 0.630. The van der Waals surface area contributed by atoms with Crippen LogP contribution in [0.3, 0.4) is 0 Å². The van der Waals surface area contributed by atoms with Crippen LogP contribution in [0.1, 0.15) is 47.1 Å². The number of benzene rings is 1. The molecule has 3 nitrogen and oxygen atoms in total. The molecule has 0 heterocycles. The Balaban J connectivity index is 3.16. The SMILES string of the molecule is C=C/C=C/[C@H](C)[C@H](O[Si](CC)(CC)CC)[C@@H](C)[C@H](OCc1ccc(OC)cc1)[C@@H](C)CI. The molecular weight excluding hydrogens is 527 g/mol. The second-order valence-electron chi connectivity index (χ2n) is 8.92. The summed E-state index contributed by atoms with van der Waals surface area (Å²) in [5, 5.41) is 0. The number of hydrogen-bond acceptors (Lipinski definition) is 3. The van der Waals surface area contributed by atoms with Crippen LogP contribution >= 0.6 is 22.6 Å². The molecule has 0 bridgehead atoms. The van der Waals surface area contributed by atoms with Crippen molar-refractivity contribution in [1.29, 1.82) is 0 Å². The molecule has 1 aromatic carbocycles. The third-order valence-electron chi connectivity index (χ3n) is 6.83. The van der Waals surface area contributed by atoms with Gasteiger partial charge in [0.1, 0.15) is 5.75 Å². The van der Waals surface area contributed by atoms with Crippen molar-refractivity contribution in [3.63, 3.8) is 0 Å². The van der Waals surface area contributed by atoms with Gasteiger partial charge in [-0.2, -0.15) is 0 Å². The maximum absolute atomic E-state index is 7.12. The number of alkyl halides is 1. The average Bonchev–Trinajstić information content (AvgIpc) is 2.83. The van der Waals surface area contributed by atoms with Crippen molar-refractivity contribution in [2.75, 3.05) is 11.5 Å². The van der Waals surface area contributed by atoms with Gasteiger partial charge in [0, 0.05) is 10.3 Å². The molecule has 1 rings (SSSR count). The minimum absolute atomic E-state index is 0.121. The van der Waals surface area contributed by atoms with Gasteiger partial charge in [0.15, 0.2) is 8.32 Å². The van der Waals surface area contributed by atoms with E-state index in [1.54, 1.807) is 7.11 Å². The van der Waals surface area contributed by atoms with Crippen LogP contribution in [0.25, 0.3) is 0 Å². The lowest BCUT2D eigenvalue weighted by Gasteiger charge is -2.42. The third-order valence-corrected chi connectivity index (χ3v) is 12.9. The van der Waals surface area contributed by atoms with Crippen molar-refractivity contribution < 1.29 is 13.9 Å². The van der Waals surface area contributed by atoms with Gasteiger partial charge in [-0.05, 0) is 47.7 Å². The molecule has 0 aliphatic rings. The monoisotopic (exact) mass is 572 g/mol. The first-order valence-electron chi connectivity index (χ1n) is 12.1. The Morgan fingerprint density at radius 2 is 1.59 bits per heavy atom. The molecule has 0 spiro atoms. The number of methoxy groups -OCH3 is 1. The first-order valence-corrected chi connectivity index (χ1v) is 16.1. The van der Waals surface area contributed by atoms with E-state index >= 15 is 0 Å². The highest BCUT2D eigenvalue weighted by molar-refractivity contribution is 14.1. The number of ether oxygens (including phenoxy) is 2. The van der Waals surface area contributed by atoms with Crippen LogP contribution in [-0.2, 0) is 15.8 Å². The van der Waals surface area contributed by atoms with Gasteiger partial charge in [-0.15, -0.1) is 0 Å². The van der Waals surface area contributed by atoms with Crippen LogP contribution in [0.5, 0.6) is 5.75 Å². The van der Waals surface area contributed by atoms with E-state index in [-0.39, 0.29) is 18.1 Å². The minimum Gasteiger partial charge on any atom is -0.497 e. The van der Waals surface area contributed by atoms with Crippen LogP contribution in [0.15, 0.2) is 49.1 Å². The summed E-state index contributed by atoms with van der Waals surface area (Å²) in [4.78, 5) is 0. The number of halogens is 1. The van der Waals surface area contributed by atoms with Gasteiger partial charge in [0.2, 0.25) is 0 Å². The molecule has 0 aliphatic carbocycles. The summed E-state index contributed by atoms with van der Waals surface area (Å²) in [7, 11) is -0.0704. The molecule has 1 aromatic rings. The normalized spacial score (nSPS) is 17.0. The molecule has 0 N–H and O–H groups in total. The summed E-state index contributed by atoms with van der Waals surface area (Å²) in [5.41, 5.74) is 1.17. The molecule has 0 saturated carbocycles. The molecule has 0 aliphatic heterocycles. The van der Waals surface area contributed by atoms with E-state index in [1.165, 1.54) is 5.56 Å². The van der Waals surface area contributed by atoms with E-state index in [4.69, 9.17) is 13.9 Å². The van der Waals surface area contributed by atoms with Gasteiger partial charge in [0.25, 0.3) is 0 Å². The van der Waals surface area contributed by atoms with Gasteiger partial charge in [0.05, 0.1) is 25.9 Å². The molecule has 182 valence electrons. The average molecular weight is 573 g/mol. The lowest BCUT2D eigenvalue weighted by Crippen LogP contribution is -2.48. The zero-order valence-corrected chi connectivity index (χ0v) is 24.4. The molecule has 0 aromatic heterocycles. The van der Waals surface area contributed by atoms with Crippen molar-refractivity contribution >= 4 is 30.9 Å². The zero-order chi connectivity index (χ0) is 24.1. The van der Waals surface area contributed by atoms with Gasteiger partial charge in [-0.25, -0.2) is 0 Å². The van der Waals surface area contributed by atoms with Gasteiger partial charge in [-0.3, -0.25) is 0 Å². The van der Waals surface area contributed by atoms with Crippen LogP contribution in [0.2, 0.25) is 18.1 Å². The van der Waals surface area contributed by atoms with Crippen molar-refractivity contribution in [1.82, 2.24) is 0 Å². The number of hydrogen-bond donors (Lipinski definition) is 0. The molecule has 0 fully saturated rings. The van der Waals surface area contributed by atoms with Gasteiger partial charge >= 0.3 is 0 Å². The first kappa shape index (κ1) is 29.4. The van der Waals surface area contributed by atoms with E-state index in [0.29, 0.717) is 18.4 Å². The number of rotatable bonds is 16. The molecule has 5 heteroatoms. The van der Waals surface area contributed by atoms with E-state index < -0.39 is 8.32 Å². The Kier molecular flexibility index (Phi) is 14.1. The quantitative estimate of drug-likeness (QED) is 0.0868. The first-order chi connectivity index (χ1) is 15.3. The van der Waals surface area contributed by atoms with Crippen molar-refractivity contribution in [3.8, 4) is 5.75 Å². The predicted octanol–water partition coefficient (Wildman–Crippen LogP) is 8.06. The van der Waals surface area contributed by atoms with Crippen LogP contribution in [0.4, 0.5) is 0 Å². The fourth-order valence-corrected chi connectivity index (χ4v) is 7.88. The van der Waals surface area contributed by atoms with Crippen LogP contribution in [0, 0.1) is 17.8 Å². The Hall–Kier alpha value is -0.633. The molecule has 5 atom stereocenters. The third kappa shape index (κ3) is 8.62. The lowest BCUT2D eigenvalue weighted by molar-refractivity contribution is -0.0634. The molecular formula is C27H45IO3Si. The summed E-state index contributed by atoms with van der Waals surface area (Å²) in [6, 6.07) is 11.6. The second-order valence-corrected chi connectivity index (χ2v) is 14.5. The second kappa shape index (κ2) is 15.3.